The van der Waals surface area contributed by atoms with Crippen molar-refractivity contribution in [2.45, 2.75) is 24.9 Å². The zero-order valence-corrected chi connectivity index (χ0v) is 14.8. The second kappa shape index (κ2) is 7.08. The summed E-state index contributed by atoms with van der Waals surface area (Å²) >= 11 is 0. The normalized spacial score (nSPS) is 23.5. The van der Waals surface area contributed by atoms with E-state index in [9.17, 15) is 14.0 Å². The molecule has 2 aromatic rings. The molecular weight excluding hydrogens is 347 g/mol. The number of rotatable bonds is 4. The van der Waals surface area contributed by atoms with E-state index in [0.717, 1.165) is 30.8 Å². The SMILES string of the molecule is O=C1N[C@](c2cccnc2)(C2CCNCC2)C(=O)N1Cc1ccccc1F. The maximum absolute atomic E-state index is 14.1. The van der Waals surface area contributed by atoms with Crippen molar-refractivity contribution < 1.29 is 14.0 Å². The summed E-state index contributed by atoms with van der Waals surface area (Å²) in [5.74, 6) is -0.820. The average Bonchev–Trinajstić information content (AvgIpc) is 2.96. The fourth-order valence-corrected chi connectivity index (χ4v) is 4.09. The van der Waals surface area contributed by atoms with Gasteiger partial charge in [-0.25, -0.2) is 9.18 Å². The van der Waals surface area contributed by atoms with Crippen LogP contribution < -0.4 is 10.6 Å². The van der Waals surface area contributed by atoms with Crippen LogP contribution in [-0.4, -0.2) is 34.9 Å². The third-order valence-electron chi connectivity index (χ3n) is 5.49. The minimum atomic E-state index is -1.15. The Labute approximate surface area is 156 Å². The predicted octanol–water partition coefficient (Wildman–Crippen LogP) is 2.17. The minimum absolute atomic E-state index is 0.0509. The highest BCUT2D eigenvalue weighted by atomic mass is 19.1. The van der Waals surface area contributed by atoms with Gasteiger partial charge < -0.3 is 10.6 Å². The highest BCUT2D eigenvalue weighted by Gasteiger charge is 2.56. The molecule has 2 aliphatic rings. The van der Waals surface area contributed by atoms with Gasteiger partial charge in [0.1, 0.15) is 5.82 Å². The lowest BCUT2D eigenvalue weighted by molar-refractivity contribution is -0.134. The van der Waals surface area contributed by atoms with Crippen LogP contribution >= 0.6 is 0 Å². The van der Waals surface area contributed by atoms with Crippen LogP contribution in [-0.2, 0) is 16.9 Å². The first-order valence-corrected chi connectivity index (χ1v) is 9.11. The topological polar surface area (TPSA) is 74.3 Å². The van der Waals surface area contributed by atoms with Gasteiger partial charge in [-0.15, -0.1) is 0 Å². The Balaban J connectivity index is 1.73. The molecule has 2 N–H and O–H groups in total. The van der Waals surface area contributed by atoms with E-state index in [-0.39, 0.29) is 18.4 Å². The number of nitrogens with one attached hydrogen (secondary N) is 2. The lowest BCUT2D eigenvalue weighted by atomic mass is 9.74. The second-order valence-corrected chi connectivity index (χ2v) is 6.99. The number of pyridine rings is 1. The molecule has 0 bridgehead atoms. The summed E-state index contributed by atoms with van der Waals surface area (Å²) in [6.45, 7) is 1.47. The molecule has 1 aromatic heterocycles. The van der Waals surface area contributed by atoms with E-state index in [1.807, 2.05) is 6.07 Å². The third kappa shape index (κ3) is 2.98. The lowest BCUT2D eigenvalue weighted by Crippen LogP contribution is -2.53. The Morgan fingerprint density at radius 1 is 1.15 bits per heavy atom. The van der Waals surface area contributed by atoms with Crippen LogP contribution in [0.2, 0.25) is 0 Å². The van der Waals surface area contributed by atoms with Crippen LogP contribution in [0.15, 0.2) is 48.8 Å². The van der Waals surface area contributed by atoms with Crippen molar-refractivity contribution in [1.82, 2.24) is 20.5 Å². The number of imide groups is 1. The van der Waals surface area contributed by atoms with Crippen molar-refractivity contribution in [2.75, 3.05) is 13.1 Å². The standard InChI is InChI=1S/C20H21FN4O2/c21-17-6-2-1-4-14(17)13-25-18(26)20(24-19(25)27,15-7-10-22-11-8-15)16-5-3-9-23-12-16/h1-6,9,12,15,22H,7-8,10-11,13H2,(H,24,27)/t20-/m0/s1. The van der Waals surface area contributed by atoms with E-state index in [1.54, 1.807) is 36.7 Å². The molecule has 3 heterocycles. The van der Waals surface area contributed by atoms with Gasteiger partial charge in [-0.2, -0.15) is 0 Å². The van der Waals surface area contributed by atoms with Crippen molar-refractivity contribution in [3.8, 4) is 0 Å². The predicted molar refractivity (Wildman–Crippen MR) is 97.0 cm³/mol. The Kier molecular flexibility index (Phi) is 4.61. The maximum atomic E-state index is 14.1. The number of aromatic nitrogens is 1. The molecule has 0 unspecified atom stereocenters. The number of halogens is 1. The summed E-state index contributed by atoms with van der Waals surface area (Å²) in [4.78, 5) is 31.6. The van der Waals surface area contributed by atoms with Gasteiger partial charge >= 0.3 is 6.03 Å². The zero-order chi connectivity index (χ0) is 18.9. The quantitative estimate of drug-likeness (QED) is 0.811. The summed E-state index contributed by atoms with van der Waals surface area (Å²) in [7, 11) is 0. The molecule has 0 radical (unpaired) electrons. The number of hydrogen-bond donors (Lipinski definition) is 2. The number of amides is 3. The van der Waals surface area contributed by atoms with Crippen molar-refractivity contribution >= 4 is 11.9 Å². The van der Waals surface area contributed by atoms with Gasteiger partial charge in [-0.05, 0) is 44.0 Å². The minimum Gasteiger partial charge on any atom is -0.319 e. The highest BCUT2D eigenvalue weighted by molar-refractivity contribution is 6.07. The van der Waals surface area contributed by atoms with Crippen molar-refractivity contribution in [3.63, 3.8) is 0 Å². The van der Waals surface area contributed by atoms with Crippen LogP contribution in [0.25, 0.3) is 0 Å². The molecule has 0 aliphatic carbocycles. The summed E-state index contributed by atoms with van der Waals surface area (Å²) in [6.07, 6.45) is 4.79. The smallest absolute Gasteiger partial charge is 0.319 e. The number of carbonyl (C=O) groups is 2. The number of nitrogens with zero attached hydrogens (tertiary/aromatic N) is 2. The fourth-order valence-electron chi connectivity index (χ4n) is 4.09. The molecule has 0 saturated carbocycles. The molecule has 2 aliphatic heterocycles. The summed E-state index contributed by atoms with van der Waals surface area (Å²) in [5, 5.41) is 6.23. The summed E-state index contributed by atoms with van der Waals surface area (Å²) < 4.78 is 14.1. The van der Waals surface area contributed by atoms with E-state index in [1.165, 1.54) is 6.07 Å². The molecule has 3 amide bonds. The molecular formula is C20H21FN4O2. The van der Waals surface area contributed by atoms with Crippen LogP contribution in [0.4, 0.5) is 9.18 Å². The van der Waals surface area contributed by atoms with Crippen molar-refractivity contribution in [2.24, 2.45) is 5.92 Å². The molecule has 1 aromatic carbocycles. The van der Waals surface area contributed by atoms with E-state index in [0.29, 0.717) is 11.1 Å². The Bertz CT molecular complexity index is 854. The number of piperidine rings is 1. The maximum Gasteiger partial charge on any atom is 0.325 e. The van der Waals surface area contributed by atoms with Crippen molar-refractivity contribution in [1.29, 1.82) is 0 Å². The van der Waals surface area contributed by atoms with Gasteiger partial charge in [0.05, 0.1) is 6.54 Å². The molecule has 2 fully saturated rings. The van der Waals surface area contributed by atoms with Crippen LogP contribution in [0, 0.1) is 11.7 Å². The van der Waals surface area contributed by atoms with E-state index >= 15 is 0 Å². The van der Waals surface area contributed by atoms with Crippen LogP contribution in [0.1, 0.15) is 24.0 Å². The zero-order valence-electron chi connectivity index (χ0n) is 14.8. The number of hydrogen-bond acceptors (Lipinski definition) is 4. The van der Waals surface area contributed by atoms with Crippen LogP contribution in [0.5, 0.6) is 0 Å². The first kappa shape index (κ1) is 17.6. The number of urea groups is 1. The van der Waals surface area contributed by atoms with E-state index < -0.39 is 17.4 Å². The first-order valence-electron chi connectivity index (χ1n) is 9.11. The number of carbonyl (C=O) groups excluding carboxylic acids is 2. The lowest BCUT2D eigenvalue weighted by Gasteiger charge is -2.37. The Hall–Kier alpha value is -2.80. The van der Waals surface area contributed by atoms with Gasteiger partial charge in [-0.1, -0.05) is 24.3 Å². The van der Waals surface area contributed by atoms with Gasteiger partial charge in [0.25, 0.3) is 5.91 Å². The van der Waals surface area contributed by atoms with Gasteiger partial charge in [0.2, 0.25) is 0 Å². The van der Waals surface area contributed by atoms with E-state index in [2.05, 4.69) is 15.6 Å². The highest BCUT2D eigenvalue weighted by Crippen LogP contribution is 2.40. The van der Waals surface area contributed by atoms with Gasteiger partial charge in [0.15, 0.2) is 5.54 Å². The average molecular weight is 368 g/mol. The summed E-state index contributed by atoms with van der Waals surface area (Å²) in [5.41, 5.74) is -0.168. The van der Waals surface area contributed by atoms with Crippen molar-refractivity contribution in [3.05, 3.63) is 65.7 Å². The monoisotopic (exact) mass is 368 g/mol. The number of benzene rings is 1. The molecule has 4 rings (SSSR count). The van der Waals surface area contributed by atoms with Gasteiger partial charge in [0, 0.05) is 23.5 Å². The molecule has 1 atom stereocenters. The fraction of sp³-hybridized carbons (Fsp3) is 0.350. The Morgan fingerprint density at radius 3 is 2.63 bits per heavy atom. The summed E-state index contributed by atoms with van der Waals surface area (Å²) in [6, 6.07) is 9.28. The molecule has 7 heteroatoms. The third-order valence-corrected chi connectivity index (χ3v) is 5.49. The van der Waals surface area contributed by atoms with Crippen LogP contribution in [0.3, 0.4) is 0 Å². The molecule has 27 heavy (non-hydrogen) atoms. The first-order chi connectivity index (χ1) is 13.1. The second-order valence-electron chi connectivity index (χ2n) is 6.99. The molecule has 2 saturated heterocycles. The largest absolute Gasteiger partial charge is 0.325 e. The molecule has 6 nitrogen and oxygen atoms in total. The molecule has 140 valence electrons. The van der Waals surface area contributed by atoms with E-state index in [4.69, 9.17) is 0 Å². The Morgan fingerprint density at radius 2 is 1.93 bits per heavy atom. The molecule has 0 spiro atoms. The van der Waals surface area contributed by atoms with Gasteiger partial charge in [-0.3, -0.25) is 14.7 Å².